The highest BCUT2D eigenvalue weighted by atomic mass is 32.2. The summed E-state index contributed by atoms with van der Waals surface area (Å²) in [5.74, 6) is 1.94. The van der Waals surface area contributed by atoms with Crippen LogP contribution < -0.4 is 0 Å². The van der Waals surface area contributed by atoms with Crippen LogP contribution in [0.3, 0.4) is 0 Å². The number of aryl methyl sites for hydroxylation is 2. The highest BCUT2D eigenvalue weighted by molar-refractivity contribution is 7.98. The van der Waals surface area contributed by atoms with Crippen molar-refractivity contribution in [3.63, 3.8) is 0 Å². The average molecular weight is 381 g/mol. The molecule has 0 spiro atoms. The van der Waals surface area contributed by atoms with E-state index in [1.807, 2.05) is 67.3 Å². The minimum atomic E-state index is 0.0544. The van der Waals surface area contributed by atoms with E-state index in [1.165, 1.54) is 5.56 Å². The van der Waals surface area contributed by atoms with Crippen LogP contribution in [0.5, 0.6) is 0 Å². The SMILES string of the molecule is CN(CCCc1nccn1C)C(=O)c1ccc(CSc2ccccn2)cc1. The number of aromatic nitrogens is 3. The van der Waals surface area contributed by atoms with E-state index in [0.717, 1.165) is 35.0 Å². The lowest BCUT2D eigenvalue weighted by atomic mass is 10.1. The number of carbonyl (C=O) groups is 1. The third-order valence-electron chi connectivity index (χ3n) is 4.39. The first-order valence-corrected chi connectivity index (χ1v) is 9.96. The highest BCUT2D eigenvalue weighted by Crippen LogP contribution is 2.20. The van der Waals surface area contributed by atoms with Crippen LogP contribution in [0.4, 0.5) is 0 Å². The Morgan fingerprint density at radius 3 is 2.59 bits per heavy atom. The van der Waals surface area contributed by atoms with Gasteiger partial charge < -0.3 is 9.47 Å². The Balaban J connectivity index is 1.48. The molecule has 0 bridgehead atoms. The Morgan fingerprint density at radius 1 is 1.11 bits per heavy atom. The molecule has 0 aliphatic rings. The molecule has 2 heterocycles. The summed E-state index contributed by atoms with van der Waals surface area (Å²) in [5, 5.41) is 1.00. The van der Waals surface area contributed by atoms with Gasteiger partial charge >= 0.3 is 0 Å². The number of hydrogen-bond acceptors (Lipinski definition) is 4. The van der Waals surface area contributed by atoms with Gasteiger partial charge in [0.15, 0.2) is 0 Å². The van der Waals surface area contributed by atoms with Crippen molar-refractivity contribution in [3.8, 4) is 0 Å². The fourth-order valence-electron chi connectivity index (χ4n) is 2.77. The van der Waals surface area contributed by atoms with E-state index < -0.39 is 0 Å². The van der Waals surface area contributed by atoms with Gasteiger partial charge in [0.1, 0.15) is 5.82 Å². The van der Waals surface area contributed by atoms with E-state index in [2.05, 4.69) is 9.97 Å². The zero-order valence-electron chi connectivity index (χ0n) is 15.7. The van der Waals surface area contributed by atoms with E-state index in [9.17, 15) is 4.79 Å². The highest BCUT2D eigenvalue weighted by Gasteiger charge is 2.12. The largest absolute Gasteiger partial charge is 0.342 e. The van der Waals surface area contributed by atoms with Gasteiger partial charge in [0.2, 0.25) is 0 Å². The maximum atomic E-state index is 12.6. The topological polar surface area (TPSA) is 51.0 Å². The molecule has 0 atom stereocenters. The molecule has 0 aliphatic carbocycles. The molecule has 0 radical (unpaired) electrons. The van der Waals surface area contributed by atoms with Crippen molar-refractivity contribution in [2.75, 3.05) is 13.6 Å². The van der Waals surface area contributed by atoms with E-state index >= 15 is 0 Å². The zero-order chi connectivity index (χ0) is 19.1. The lowest BCUT2D eigenvalue weighted by Gasteiger charge is -2.17. The van der Waals surface area contributed by atoms with Gasteiger partial charge in [-0.15, -0.1) is 11.8 Å². The van der Waals surface area contributed by atoms with Crippen LogP contribution in [0, 0.1) is 0 Å². The molecule has 27 heavy (non-hydrogen) atoms. The van der Waals surface area contributed by atoms with Crippen molar-refractivity contribution < 1.29 is 4.79 Å². The third-order valence-corrected chi connectivity index (χ3v) is 5.40. The van der Waals surface area contributed by atoms with Crippen LogP contribution in [0.1, 0.15) is 28.2 Å². The number of pyridine rings is 1. The third kappa shape index (κ3) is 5.44. The van der Waals surface area contributed by atoms with E-state index in [0.29, 0.717) is 6.54 Å². The van der Waals surface area contributed by atoms with Gasteiger partial charge in [-0.05, 0) is 36.2 Å². The van der Waals surface area contributed by atoms with Crippen molar-refractivity contribution in [3.05, 3.63) is 78.0 Å². The summed E-state index contributed by atoms with van der Waals surface area (Å²) in [6, 6.07) is 13.8. The van der Waals surface area contributed by atoms with Gasteiger partial charge in [0.05, 0.1) is 5.03 Å². The Morgan fingerprint density at radius 2 is 1.93 bits per heavy atom. The summed E-state index contributed by atoms with van der Waals surface area (Å²) < 4.78 is 2.02. The van der Waals surface area contributed by atoms with Gasteiger partial charge in [0, 0.05) is 57.0 Å². The zero-order valence-corrected chi connectivity index (χ0v) is 16.5. The Hall–Kier alpha value is -2.60. The maximum absolute atomic E-state index is 12.6. The number of amides is 1. The fraction of sp³-hybridized carbons (Fsp3) is 0.286. The van der Waals surface area contributed by atoms with E-state index in [-0.39, 0.29) is 5.91 Å². The first-order valence-electron chi connectivity index (χ1n) is 8.98. The monoisotopic (exact) mass is 380 g/mol. The number of rotatable bonds is 8. The average Bonchev–Trinajstić information content (AvgIpc) is 3.12. The molecule has 1 amide bonds. The molecule has 0 fully saturated rings. The number of benzene rings is 1. The molecule has 5 nitrogen and oxygen atoms in total. The maximum Gasteiger partial charge on any atom is 0.253 e. The van der Waals surface area contributed by atoms with E-state index in [1.54, 1.807) is 29.1 Å². The smallest absolute Gasteiger partial charge is 0.253 e. The van der Waals surface area contributed by atoms with Crippen molar-refractivity contribution in [1.29, 1.82) is 0 Å². The Kier molecular flexibility index (Phi) is 6.65. The summed E-state index contributed by atoms with van der Waals surface area (Å²) >= 11 is 1.69. The van der Waals surface area contributed by atoms with Gasteiger partial charge in [-0.1, -0.05) is 18.2 Å². The van der Waals surface area contributed by atoms with Crippen molar-refractivity contribution in [1.82, 2.24) is 19.4 Å². The minimum absolute atomic E-state index is 0.0544. The molecule has 0 unspecified atom stereocenters. The number of nitrogens with zero attached hydrogens (tertiary/aromatic N) is 4. The molecule has 0 saturated carbocycles. The summed E-state index contributed by atoms with van der Waals surface area (Å²) in [5.41, 5.74) is 1.90. The quantitative estimate of drug-likeness (QED) is 0.558. The molecule has 3 rings (SSSR count). The van der Waals surface area contributed by atoms with Gasteiger partial charge in [-0.2, -0.15) is 0 Å². The molecule has 3 aromatic rings. The van der Waals surface area contributed by atoms with Crippen LogP contribution in [-0.2, 0) is 19.2 Å². The molecule has 2 aromatic heterocycles. The number of thioether (sulfide) groups is 1. The summed E-state index contributed by atoms with van der Waals surface area (Å²) in [7, 11) is 3.84. The molecule has 1 aromatic carbocycles. The normalized spacial score (nSPS) is 10.7. The second kappa shape index (κ2) is 9.37. The molecular weight excluding hydrogens is 356 g/mol. The molecule has 0 N–H and O–H groups in total. The number of hydrogen-bond donors (Lipinski definition) is 0. The van der Waals surface area contributed by atoms with Crippen molar-refractivity contribution in [2.45, 2.75) is 23.6 Å². The van der Waals surface area contributed by atoms with Gasteiger partial charge in [-0.25, -0.2) is 9.97 Å². The second-order valence-electron chi connectivity index (χ2n) is 6.44. The van der Waals surface area contributed by atoms with Crippen LogP contribution >= 0.6 is 11.8 Å². The van der Waals surface area contributed by atoms with Crippen LogP contribution in [0.25, 0.3) is 0 Å². The standard InChI is InChI=1S/C21H24N4OS/c1-24-15-13-22-19(24)6-5-14-25(2)21(26)18-10-8-17(9-11-18)16-27-20-7-3-4-12-23-20/h3-4,7-13,15H,5-6,14,16H2,1-2H3. The lowest BCUT2D eigenvalue weighted by molar-refractivity contribution is 0.0793. The molecule has 0 saturated heterocycles. The van der Waals surface area contributed by atoms with Crippen LogP contribution in [0.2, 0.25) is 0 Å². The molecular formula is C21H24N4OS. The fourth-order valence-corrected chi connectivity index (χ4v) is 3.58. The summed E-state index contributed by atoms with van der Waals surface area (Å²) in [6.07, 6.45) is 7.31. The van der Waals surface area contributed by atoms with Crippen molar-refractivity contribution in [2.24, 2.45) is 7.05 Å². The number of carbonyl (C=O) groups excluding carboxylic acids is 1. The molecule has 140 valence electrons. The minimum Gasteiger partial charge on any atom is -0.342 e. The lowest BCUT2D eigenvalue weighted by Crippen LogP contribution is -2.28. The number of imidazole rings is 1. The Bertz CT molecular complexity index is 861. The second-order valence-corrected chi connectivity index (χ2v) is 7.43. The molecule has 6 heteroatoms. The first kappa shape index (κ1) is 19.2. The van der Waals surface area contributed by atoms with Crippen LogP contribution in [-0.4, -0.2) is 38.9 Å². The predicted molar refractivity (Wildman–Crippen MR) is 109 cm³/mol. The van der Waals surface area contributed by atoms with E-state index in [4.69, 9.17) is 0 Å². The van der Waals surface area contributed by atoms with Crippen molar-refractivity contribution >= 4 is 17.7 Å². The Labute approximate surface area is 164 Å². The molecule has 0 aliphatic heterocycles. The predicted octanol–water partition coefficient (Wildman–Crippen LogP) is 3.81. The first-order chi connectivity index (χ1) is 13.1. The van der Waals surface area contributed by atoms with Gasteiger partial charge in [-0.3, -0.25) is 4.79 Å². The van der Waals surface area contributed by atoms with Crippen LogP contribution in [0.15, 0.2) is 66.1 Å². The summed E-state index contributed by atoms with van der Waals surface area (Å²) in [6.45, 7) is 0.711. The summed E-state index contributed by atoms with van der Waals surface area (Å²) in [4.78, 5) is 23.0. The van der Waals surface area contributed by atoms with Gasteiger partial charge in [0.25, 0.3) is 5.91 Å².